The van der Waals surface area contributed by atoms with E-state index in [0.717, 1.165) is 0 Å². The van der Waals surface area contributed by atoms with Crippen molar-refractivity contribution in [1.82, 2.24) is 0 Å². The van der Waals surface area contributed by atoms with E-state index < -0.39 is 10.5 Å². The maximum absolute atomic E-state index is 8.67. The Hall–Kier alpha value is -1.76. The van der Waals surface area contributed by atoms with E-state index in [4.69, 9.17) is 35.3 Å². The van der Waals surface area contributed by atoms with Crippen LogP contribution in [0.4, 0.5) is 0 Å². The summed E-state index contributed by atoms with van der Waals surface area (Å²) in [6.07, 6.45) is 0. The SMILES string of the molecule is N=S(=O)=O.[N-]=[N+]=[N-].[N-]=[N+]=[N-]. The molecule has 0 aromatic carbocycles. The van der Waals surface area contributed by atoms with Gasteiger partial charge in [0.15, 0.2) is 0 Å². The molecule has 0 radical (unpaired) electrons. The zero-order chi connectivity index (χ0) is 8.99. The normalized spacial score (nSPS) is 4.00. The van der Waals surface area contributed by atoms with E-state index in [9.17, 15) is 0 Å². The first-order valence-corrected chi connectivity index (χ1v) is 2.41. The molecule has 9 nitrogen and oxygen atoms in total. The molecule has 0 bridgehead atoms. The molecule has 0 aliphatic rings. The molecule has 10 heteroatoms. The Morgan fingerprint density at radius 1 is 1.00 bits per heavy atom. The Labute approximate surface area is 56.6 Å². The molecule has 0 atom stereocenters. The van der Waals surface area contributed by atoms with Crippen molar-refractivity contribution in [3.8, 4) is 0 Å². The van der Waals surface area contributed by atoms with Crippen molar-refractivity contribution in [2.24, 2.45) is 0 Å². The average Bonchev–Trinajstić information content (AvgIpc) is 1.65. The first-order chi connectivity index (χ1) is 4.56. The minimum Gasteiger partial charge on any atom is -0.373 e. The molecular formula is HN7O2S-2. The molecular weight excluding hydrogens is 162 g/mol. The molecule has 0 aromatic rings. The highest BCUT2D eigenvalue weighted by atomic mass is 32.2. The number of hydrogen-bond donors (Lipinski definition) is 1. The lowest BCUT2D eigenvalue weighted by Gasteiger charge is -1.32. The van der Waals surface area contributed by atoms with Crippen molar-refractivity contribution in [2.45, 2.75) is 0 Å². The van der Waals surface area contributed by atoms with Crippen LogP contribution in [0.15, 0.2) is 0 Å². The van der Waals surface area contributed by atoms with Gasteiger partial charge in [0.25, 0.3) is 0 Å². The van der Waals surface area contributed by atoms with Gasteiger partial charge in [0.2, 0.25) is 0 Å². The number of hydrogen-bond acceptors (Lipinski definition) is 3. The second kappa shape index (κ2) is 26.9. The minimum absolute atomic E-state index is 1.50. The van der Waals surface area contributed by atoms with Gasteiger partial charge < -0.3 is 22.1 Å². The van der Waals surface area contributed by atoms with Crippen molar-refractivity contribution < 1.29 is 8.42 Å². The molecule has 0 aromatic heterocycles. The summed E-state index contributed by atoms with van der Waals surface area (Å²) in [5, 5.41) is 0. The molecule has 56 valence electrons. The summed E-state index contributed by atoms with van der Waals surface area (Å²) >= 11 is 0. The fraction of sp³-hybridized carbons (Fsp3) is 0. The predicted molar refractivity (Wildman–Crippen MR) is 31.8 cm³/mol. The third kappa shape index (κ3) is 55.3. The van der Waals surface area contributed by atoms with E-state index in [1.807, 2.05) is 0 Å². The van der Waals surface area contributed by atoms with Gasteiger partial charge in [-0.15, -0.1) is 0 Å². The Morgan fingerprint density at radius 3 is 1.00 bits per heavy atom. The van der Waals surface area contributed by atoms with Crippen LogP contribution < -0.4 is 0 Å². The lowest BCUT2D eigenvalue weighted by molar-refractivity contribution is 0.620. The molecule has 0 amide bonds. The number of nitrogens with zero attached hydrogens (tertiary/aromatic N) is 6. The van der Waals surface area contributed by atoms with Gasteiger partial charge in [-0.05, 0) is 0 Å². The van der Waals surface area contributed by atoms with Gasteiger partial charge >= 0.3 is 10.5 Å². The summed E-state index contributed by atoms with van der Waals surface area (Å²) < 4.78 is 22.8. The highest BCUT2D eigenvalue weighted by Crippen LogP contribution is 1.29. The van der Waals surface area contributed by atoms with Gasteiger partial charge in [0.1, 0.15) is 0 Å². The largest absolute Gasteiger partial charge is 0.373 e. The first-order valence-electron chi connectivity index (χ1n) is 1.34. The van der Waals surface area contributed by atoms with E-state index in [2.05, 4.69) is 0 Å². The summed E-state index contributed by atoms with van der Waals surface area (Å²) in [5.41, 5.74) is 27.0. The van der Waals surface area contributed by atoms with Gasteiger partial charge in [-0.1, -0.05) is 0 Å². The smallest absolute Gasteiger partial charge is 0.308 e. The lowest BCUT2D eigenvalue weighted by Crippen LogP contribution is -1.34. The first kappa shape index (κ1) is 15.7. The third-order valence-electron chi connectivity index (χ3n) is 0. The Kier molecular flexibility index (Phi) is 42.2. The van der Waals surface area contributed by atoms with Crippen molar-refractivity contribution in [1.29, 1.82) is 4.78 Å². The minimum atomic E-state index is -2.61. The standard InChI is InChI=1S/2N3.HNO2S/c2*1-3-2;1-4(2)3/h;;1H/q2*-1;. The highest BCUT2D eigenvalue weighted by Gasteiger charge is 1.32. The van der Waals surface area contributed by atoms with Crippen LogP contribution in [0.25, 0.3) is 31.9 Å². The van der Waals surface area contributed by atoms with E-state index in [-0.39, 0.29) is 0 Å². The van der Waals surface area contributed by atoms with Gasteiger partial charge in [0.05, 0.1) is 0 Å². The van der Waals surface area contributed by atoms with Crippen LogP contribution in [0.2, 0.25) is 0 Å². The lowest BCUT2D eigenvalue weighted by atomic mass is 13.0. The monoisotopic (exact) mass is 163 g/mol. The molecule has 0 spiro atoms. The van der Waals surface area contributed by atoms with Crippen LogP contribution in [-0.2, 0) is 10.5 Å². The van der Waals surface area contributed by atoms with Crippen LogP contribution in [0.5, 0.6) is 0 Å². The van der Waals surface area contributed by atoms with Crippen molar-refractivity contribution in [2.75, 3.05) is 0 Å². The highest BCUT2D eigenvalue weighted by molar-refractivity contribution is 7.60. The van der Waals surface area contributed by atoms with E-state index in [0.29, 0.717) is 0 Å². The molecule has 0 heterocycles. The van der Waals surface area contributed by atoms with Gasteiger partial charge in [-0.2, -0.15) is 13.2 Å². The second-order valence-corrected chi connectivity index (χ2v) is 0.883. The van der Waals surface area contributed by atoms with E-state index in [1.165, 1.54) is 9.82 Å². The molecule has 0 saturated carbocycles. The quantitative estimate of drug-likeness (QED) is 0.322. The average molecular weight is 163 g/mol. The fourth-order valence-electron chi connectivity index (χ4n) is 0. The van der Waals surface area contributed by atoms with E-state index >= 15 is 0 Å². The molecule has 1 N–H and O–H groups in total. The summed E-state index contributed by atoms with van der Waals surface area (Å²) in [7, 11) is -2.61. The van der Waals surface area contributed by atoms with Crippen LogP contribution >= 0.6 is 0 Å². The zero-order valence-electron chi connectivity index (χ0n) is 4.41. The Morgan fingerprint density at radius 2 is 1.00 bits per heavy atom. The number of nitrogens with one attached hydrogen (secondary N) is 1. The number of rotatable bonds is 0. The summed E-state index contributed by atoms with van der Waals surface area (Å²) in [5.74, 6) is 0. The molecule has 0 unspecified atom stereocenters. The molecule has 0 saturated heterocycles. The van der Waals surface area contributed by atoms with Gasteiger partial charge in [-0.3, -0.25) is 9.82 Å². The molecule has 0 fully saturated rings. The van der Waals surface area contributed by atoms with Crippen molar-refractivity contribution >= 4 is 10.5 Å². The summed E-state index contributed by atoms with van der Waals surface area (Å²) in [6, 6.07) is 0. The van der Waals surface area contributed by atoms with Crippen LogP contribution in [0.1, 0.15) is 0 Å². The fourth-order valence-corrected chi connectivity index (χ4v) is 0. The van der Waals surface area contributed by atoms with Crippen LogP contribution in [0, 0.1) is 4.78 Å². The second-order valence-electron chi connectivity index (χ2n) is 0.414. The van der Waals surface area contributed by atoms with Crippen LogP contribution in [0.3, 0.4) is 0 Å². The van der Waals surface area contributed by atoms with E-state index in [1.54, 1.807) is 0 Å². The Bertz CT molecular complexity index is 189. The van der Waals surface area contributed by atoms with Crippen molar-refractivity contribution in [3.05, 3.63) is 31.9 Å². The van der Waals surface area contributed by atoms with Gasteiger partial charge in [0, 0.05) is 0 Å². The maximum Gasteiger partial charge on any atom is 0.308 e. The maximum atomic E-state index is 8.67. The molecule has 0 rings (SSSR count). The zero-order valence-corrected chi connectivity index (χ0v) is 5.22. The summed E-state index contributed by atoms with van der Waals surface area (Å²) in [6.45, 7) is 0. The predicted octanol–water partition coefficient (Wildman–Crippen LogP) is 1.36. The molecule has 10 heavy (non-hydrogen) atoms. The molecule has 0 aliphatic heterocycles. The van der Waals surface area contributed by atoms with Gasteiger partial charge in [-0.25, -0.2) is 0 Å². The third-order valence-corrected chi connectivity index (χ3v) is 0. The van der Waals surface area contributed by atoms with Crippen LogP contribution in [-0.4, -0.2) is 8.42 Å². The van der Waals surface area contributed by atoms with Crippen molar-refractivity contribution in [3.63, 3.8) is 0 Å². The molecule has 0 aliphatic carbocycles. The Balaban J connectivity index is -0.0000000750. The topological polar surface area (TPSA) is 175 Å². The summed E-state index contributed by atoms with van der Waals surface area (Å²) in [4.78, 5) is 3.00.